The van der Waals surface area contributed by atoms with Crippen molar-refractivity contribution in [3.63, 3.8) is 0 Å². The topological polar surface area (TPSA) is 114 Å². The Hall–Kier alpha value is -4.75. The minimum Gasteiger partial charge on any atom is -0.427 e. The van der Waals surface area contributed by atoms with Gasteiger partial charge in [0.2, 0.25) is 17.4 Å². The molecular weight excluding hydrogens is 586 g/mol. The Labute approximate surface area is 248 Å². The van der Waals surface area contributed by atoms with Gasteiger partial charge in [0, 0.05) is 37.3 Å². The second-order valence-electron chi connectivity index (χ2n) is 11.1. The number of carbonyl (C=O) groups excluding carboxylic acids is 4. The Morgan fingerprint density at radius 3 is 2.59 bits per heavy atom. The lowest BCUT2D eigenvalue weighted by atomic mass is 9.93. The minimum absolute atomic E-state index is 0.0375. The highest BCUT2D eigenvalue weighted by atomic mass is 19.4. The summed E-state index contributed by atoms with van der Waals surface area (Å²) in [7, 11) is 1.52. The molecule has 10 nitrogen and oxygen atoms in total. The van der Waals surface area contributed by atoms with Crippen molar-refractivity contribution in [2.75, 3.05) is 13.6 Å². The smallest absolute Gasteiger partial charge is 0.418 e. The van der Waals surface area contributed by atoms with E-state index < -0.39 is 61.1 Å². The molecule has 230 valence electrons. The molecule has 1 N–H and O–H groups in total. The molecule has 1 spiro atoms. The Kier molecular flexibility index (Phi) is 7.17. The average molecular weight is 614 g/mol. The van der Waals surface area contributed by atoms with Crippen LogP contribution in [0.5, 0.6) is 0 Å². The fourth-order valence-corrected chi connectivity index (χ4v) is 6.21. The maximum absolute atomic E-state index is 14.1. The fraction of sp³-hybridized carbons (Fsp3) is 0.367. The SMILES string of the molecule is CNC(=O)Cn1cc(-c2ccc3c(c2)CCC32OC(=O)N(CC(=O)N3Cc4ccc(F)cc4CC[C@H]3C(F)(F)F)C2=O)cn1. The summed E-state index contributed by atoms with van der Waals surface area (Å²) in [6.45, 7) is -1.34. The highest BCUT2D eigenvalue weighted by Gasteiger charge is 2.59. The molecule has 4 amide bonds. The van der Waals surface area contributed by atoms with Gasteiger partial charge in [-0.05, 0) is 53.6 Å². The molecule has 2 aliphatic heterocycles. The zero-order chi connectivity index (χ0) is 31.4. The van der Waals surface area contributed by atoms with E-state index in [4.69, 9.17) is 4.74 Å². The lowest BCUT2D eigenvalue weighted by Crippen LogP contribution is -2.52. The largest absolute Gasteiger partial charge is 0.427 e. The number of hydrogen-bond donors (Lipinski definition) is 1. The summed E-state index contributed by atoms with van der Waals surface area (Å²) in [5.74, 6) is -2.70. The molecule has 6 rings (SSSR count). The summed E-state index contributed by atoms with van der Waals surface area (Å²) in [5, 5.41) is 6.71. The molecule has 44 heavy (non-hydrogen) atoms. The number of alkyl halides is 3. The molecule has 3 aliphatic rings. The zero-order valence-electron chi connectivity index (χ0n) is 23.5. The van der Waals surface area contributed by atoms with Gasteiger partial charge >= 0.3 is 12.3 Å². The van der Waals surface area contributed by atoms with Crippen molar-refractivity contribution in [3.05, 3.63) is 76.9 Å². The van der Waals surface area contributed by atoms with Crippen LogP contribution < -0.4 is 5.32 Å². The number of carbonyl (C=O) groups is 4. The number of likely N-dealkylation sites (N-methyl/N-ethyl adjacent to an activating group) is 1. The molecule has 0 saturated carbocycles. The van der Waals surface area contributed by atoms with Crippen LogP contribution in [-0.4, -0.2) is 69.2 Å². The van der Waals surface area contributed by atoms with Crippen molar-refractivity contribution < 1.29 is 41.5 Å². The molecule has 1 aromatic heterocycles. The van der Waals surface area contributed by atoms with Crippen LogP contribution in [-0.2, 0) is 50.7 Å². The second kappa shape index (κ2) is 10.8. The molecule has 3 aromatic rings. The molecular formula is C30H27F4N5O5. The molecule has 2 aromatic carbocycles. The van der Waals surface area contributed by atoms with Crippen molar-refractivity contribution in [1.29, 1.82) is 0 Å². The lowest BCUT2D eigenvalue weighted by molar-refractivity contribution is -0.192. The molecule has 1 fully saturated rings. The number of rotatable bonds is 5. The summed E-state index contributed by atoms with van der Waals surface area (Å²) >= 11 is 0. The summed E-state index contributed by atoms with van der Waals surface area (Å²) in [6, 6.07) is 6.61. The van der Waals surface area contributed by atoms with Crippen LogP contribution in [0.3, 0.4) is 0 Å². The molecule has 2 atom stereocenters. The van der Waals surface area contributed by atoms with Gasteiger partial charge in [-0.25, -0.2) is 14.1 Å². The number of aryl methyl sites for hydroxylation is 2. The number of nitrogens with zero attached hydrogens (tertiary/aromatic N) is 4. The third-order valence-electron chi connectivity index (χ3n) is 8.47. The van der Waals surface area contributed by atoms with Crippen LogP contribution in [0.1, 0.15) is 35.1 Å². The number of amides is 4. The number of benzene rings is 2. The Morgan fingerprint density at radius 1 is 1.05 bits per heavy atom. The van der Waals surface area contributed by atoms with E-state index in [1.807, 2.05) is 6.07 Å². The molecule has 0 radical (unpaired) electrons. The summed E-state index contributed by atoms with van der Waals surface area (Å²) in [6.07, 6.45) is -2.73. The lowest BCUT2D eigenvalue weighted by Gasteiger charge is -2.32. The van der Waals surface area contributed by atoms with Crippen LogP contribution >= 0.6 is 0 Å². The molecule has 1 unspecified atom stereocenters. The highest BCUT2D eigenvalue weighted by Crippen LogP contribution is 2.46. The van der Waals surface area contributed by atoms with Crippen molar-refractivity contribution >= 4 is 23.8 Å². The van der Waals surface area contributed by atoms with Gasteiger partial charge in [-0.2, -0.15) is 18.3 Å². The summed E-state index contributed by atoms with van der Waals surface area (Å²) in [5.41, 5.74) is 1.67. The van der Waals surface area contributed by atoms with Gasteiger partial charge in [-0.3, -0.25) is 19.1 Å². The number of nitrogens with one attached hydrogen (secondary N) is 1. The van der Waals surface area contributed by atoms with Gasteiger partial charge in [0.05, 0.1) is 6.20 Å². The Morgan fingerprint density at radius 2 is 1.84 bits per heavy atom. The average Bonchev–Trinajstić information content (AvgIpc) is 3.60. The highest BCUT2D eigenvalue weighted by molar-refractivity contribution is 6.06. The number of fused-ring (bicyclic) bond motifs is 3. The standard InChI is InChI=1S/C30H27F4N5O5/c1-35-25(40)15-37-13-21(12-36-37)17-3-6-23-19(10-17)8-9-29(23)27(42)39(28(43)44-29)16-26(41)38-14-20-2-5-22(31)11-18(20)4-7-24(38)30(32,33)34/h2-3,5-6,10-13,24H,4,7-9,14-16H2,1H3,(H,35,40)/t24-,29?/m0/s1. The third-order valence-corrected chi connectivity index (χ3v) is 8.47. The van der Waals surface area contributed by atoms with Gasteiger partial charge in [-0.15, -0.1) is 0 Å². The van der Waals surface area contributed by atoms with Crippen molar-refractivity contribution in [1.82, 2.24) is 24.9 Å². The van der Waals surface area contributed by atoms with E-state index in [1.54, 1.807) is 24.5 Å². The van der Waals surface area contributed by atoms with Crippen LogP contribution in [0, 0.1) is 5.82 Å². The van der Waals surface area contributed by atoms with Gasteiger partial charge < -0.3 is 15.0 Å². The van der Waals surface area contributed by atoms with Crippen LogP contribution in [0.15, 0.2) is 48.8 Å². The van der Waals surface area contributed by atoms with E-state index in [1.165, 1.54) is 17.8 Å². The van der Waals surface area contributed by atoms with Crippen LogP contribution in [0.2, 0.25) is 0 Å². The van der Waals surface area contributed by atoms with Crippen molar-refractivity contribution in [2.24, 2.45) is 0 Å². The zero-order valence-corrected chi connectivity index (χ0v) is 23.5. The molecule has 3 heterocycles. The van der Waals surface area contributed by atoms with Gasteiger partial charge in [0.15, 0.2) is 0 Å². The number of ether oxygens (including phenoxy) is 1. The number of halogens is 4. The molecule has 0 bridgehead atoms. The fourth-order valence-electron chi connectivity index (χ4n) is 6.21. The van der Waals surface area contributed by atoms with Gasteiger partial charge in [0.25, 0.3) is 5.91 Å². The first-order valence-corrected chi connectivity index (χ1v) is 13.9. The normalized spacial score (nSPS) is 21.2. The predicted molar refractivity (Wildman–Crippen MR) is 145 cm³/mol. The monoisotopic (exact) mass is 613 g/mol. The molecule has 14 heteroatoms. The van der Waals surface area contributed by atoms with Crippen molar-refractivity contribution in [3.8, 4) is 11.1 Å². The first-order valence-electron chi connectivity index (χ1n) is 13.9. The van der Waals surface area contributed by atoms with Crippen molar-refractivity contribution in [2.45, 2.75) is 56.6 Å². The number of aromatic nitrogens is 2. The van der Waals surface area contributed by atoms with Crippen LogP contribution in [0.4, 0.5) is 22.4 Å². The third kappa shape index (κ3) is 5.07. The number of hydrogen-bond acceptors (Lipinski definition) is 6. The first-order chi connectivity index (χ1) is 20.9. The minimum atomic E-state index is -4.78. The quantitative estimate of drug-likeness (QED) is 0.441. The van der Waals surface area contributed by atoms with E-state index in [-0.39, 0.29) is 25.3 Å². The maximum atomic E-state index is 14.1. The van der Waals surface area contributed by atoms with E-state index in [2.05, 4.69) is 10.4 Å². The predicted octanol–water partition coefficient (Wildman–Crippen LogP) is 3.46. The summed E-state index contributed by atoms with van der Waals surface area (Å²) < 4.78 is 63.1. The first kappa shape index (κ1) is 29.3. The van der Waals surface area contributed by atoms with Gasteiger partial charge in [-0.1, -0.05) is 24.3 Å². The van der Waals surface area contributed by atoms with E-state index in [0.717, 1.165) is 28.8 Å². The molecule has 1 saturated heterocycles. The maximum Gasteiger partial charge on any atom is 0.418 e. The van der Waals surface area contributed by atoms with Crippen LogP contribution in [0.25, 0.3) is 11.1 Å². The molecule has 1 aliphatic carbocycles. The van der Waals surface area contributed by atoms with E-state index in [0.29, 0.717) is 32.9 Å². The Bertz CT molecular complexity index is 1690. The van der Waals surface area contributed by atoms with E-state index >= 15 is 0 Å². The second-order valence-corrected chi connectivity index (χ2v) is 11.1. The van der Waals surface area contributed by atoms with Gasteiger partial charge in [0.1, 0.15) is 24.9 Å². The number of imide groups is 1. The Balaban J connectivity index is 1.23. The summed E-state index contributed by atoms with van der Waals surface area (Å²) in [4.78, 5) is 52.9. The van der Waals surface area contributed by atoms with E-state index in [9.17, 15) is 36.7 Å².